The predicted octanol–water partition coefficient (Wildman–Crippen LogP) is 4.16. The zero-order chi connectivity index (χ0) is 14.7. The normalized spacial score (nSPS) is 10.2. The van der Waals surface area contributed by atoms with E-state index in [9.17, 15) is 9.18 Å². The van der Waals surface area contributed by atoms with Crippen LogP contribution in [-0.4, -0.2) is 13.0 Å². The van der Waals surface area contributed by atoms with Crippen molar-refractivity contribution < 1.29 is 13.9 Å². The van der Waals surface area contributed by atoms with Gasteiger partial charge in [0.2, 0.25) is 0 Å². The predicted molar refractivity (Wildman–Crippen MR) is 79.8 cm³/mol. The van der Waals surface area contributed by atoms with Gasteiger partial charge >= 0.3 is 0 Å². The molecule has 2 aromatic carbocycles. The van der Waals surface area contributed by atoms with Crippen LogP contribution in [0.25, 0.3) is 0 Å². The molecule has 0 aliphatic rings. The summed E-state index contributed by atoms with van der Waals surface area (Å²) in [5, 5.41) is 2.68. The summed E-state index contributed by atoms with van der Waals surface area (Å²) >= 11 is 3.35. The lowest BCUT2D eigenvalue weighted by molar-refractivity contribution is 0.102. The summed E-state index contributed by atoms with van der Waals surface area (Å²) in [6.45, 7) is 1.91. The van der Waals surface area contributed by atoms with Gasteiger partial charge in [-0.05, 0) is 52.7 Å². The Morgan fingerprint density at radius 3 is 2.75 bits per heavy atom. The molecule has 0 radical (unpaired) electrons. The van der Waals surface area contributed by atoms with E-state index in [1.165, 1.54) is 19.2 Å². The number of aryl methyl sites for hydroxylation is 1. The first-order chi connectivity index (χ1) is 9.52. The summed E-state index contributed by atoms with van der Waals surface area (Å²) in [5.74, 6) is -0.969. The second-order valence-electron chi connectivity index (χ2n) is 4.25. The zero-order valence-corrected chi connectivity index (χ0v) is 12.6. The average molecular weight is 338 g/mol. The maximum atomic E-state index is 13.8. The van der Waals surface area contributed by atoms with Gasteiger partial charge in [0.1, 0.15) is 17.1 Å². The fraction of sp³-hybridized carbons (Fsp3) is 0.133. The minimum Gasteiger partial charge on any atom is -0.496 e. The van der Waals surface area contributed by atoms with Crippen LogP contribution in [0.15, 0.2) is 40.9 Å². The molecule has 20 heavy (non-hydrogen) atoms. The summed E-state index contributed by atoms with van der Waals surface area (Å²) < 4.78 is 19.6. The Labute approximate surface area is 124 Å². The Hall–Kier alpha value is -1.88. The topological polar surface area (TPSA) is 38.3 Å². The van der Waals surface area contributed by atoms with Crippen LogP contribution in [0.3, 0.4) is 0 Å². The third kappa shape index (κ3) is 2.99. The Morgan fingerprint density at radius 2 is 2.05 bits per heavy atom. The van der Waals surface area contributed by atoms with Crippen molar-refractivity contribution in [3.05, 3.63) is 57.8 Å². The number of methoxy groups -OCH3 is 1. The van der Waals surface area contributed by atoms with Crippen LogP contribution in [0.5, 0.6) is 5.75 Å². The summed E-state index contributed by atoms with van der Waals surface area (Å²) in [4.78, 5) is 12.2. The highest BCUT2D eigenvalue weighted by atomic mass is 79.9. The standard InChI is InChI=1S/C15H13BrFNO2/c1-9-6-7-10(16)12(8-9)18-15(19)14-11(17)4-3-5-13(14)20-2/h3-8H,1-2H3,(H,18,19). The first-order valence-corrected chi connectivity index (χ1v) is 6.72. The molecule has 3 nitrogen and oxygen atoms in total. The van der Waals surface area contributed by atoms with E-state index in [0.717, 1.165) is 10.0 Å². The SMILES string of the molecule is COc1cccc(F)c1C(=O)Nc1cc(C)ccc1Br. The number of ether oxygens (including phenoxy) is 1. The molecule has 0 atom stereocenters. The number of anilines is 1. The molecule has 2 rings (SSSR count). The van der Waals surface area contributed by atoms with E-state index in [4.69, 9.17) is 4.74 Å². The summed E-state index contributed by atoms with van der Waals surface area (Å²) in [5.41, 5.74) is 1.47. The average Bonchev–Trinajstić information content (AvgIpc) is 2.42. The molecule has 0 bridgehead atoms. The van der Waals surface area contributed by atoms with Gasteiger partial charge in [0.25, 0.3) is 5.91 Å². The van der Waals surface area contributed by atoms with E-state index >= 15 is 0 Å². The van der Waals surface area contributed by atoms with Crippen molar-refractivity contribution in [2.24, 2.45) is 0 Å². The van der Waals surface area contributed by atoms with Crippen molar-refractivity contribution in [3.63, 3.8) is 0 Å². The van der Waals surface area contributed by atoms with Gasteiger partial charge in [0.05, 0.1) is 12.8 Å². The molecule has 1 amide bonds. The lowest BCUT2D eigenvalue weighted by atomic mass is 10.1. The molecule has 0 spiro atoms. The van der Waals surface area contributed by atoms with Crippen LogP contribution >= 0.6 is 15.9 Å². The number of hydrogen-bond acceptors (Lipinski definition) is 2. The highest BCUT2D eigenvalue weighted by Gasteiger charge is 2.18. The number of hydrogen-bond donors (Lipinski definition) is 1. The van der Waals surface area contributed by atoms with Crippen LogP contribution in [0.1, 0.15) is 15.9 Å². The van der Waals surface area contributed by atoms with Gasteiger partial charge in [-0.2, -0.15) is 0 Å². The van der Waals surface area contributed by atoms with E-state index in [1.54, 1.807) is 12.1 Å². The van der Waals surface area contributed by atoms with Crippen LogP contribution in [0.4, 0.5) is 10.1 Å². The van der Waals surface area contributed by atoms with Gasteiger partial charge < -0.3 is 10.1 Å². The number of carbonyl (C=O) groups excluding carboxylic acids is 1. The van der Waals surface area contributed by atoms with Crippen molar-refractivity contribution >= 4 is 27.5 Å². The molecular weight excluding hydrogens is 325 g/mol. The molecule has 0 saturated heterocycles. The van der Waals surface area contributed by atoms with E-state index in [2.05, 4.69) is 21.2 Å². The van der Waals surface area contributed by atoms with Crippen molar-refractivity contribution in [1.29, 1.82) is 0 Å². The largest absolute Gasteiger partial charge is 0.496 e. The van der Waals surface area contributed by atoms with E-state index < -0.39 is 11.7 Å². The van der Waals surface area contributed by atoms with Crippen molar-refractivity contribution in [2.45, 2.75) is 6.92 Å². The summed E-state index contributed by atoms with van der Waals surface area (Å²) in [6.07, 6.45) is 0. The van der Waals surface area contributed by atoms with Crippen molar-refractivity contribution in [1.82, 2.24) is 0 Å². The van der Waals surface area contributed by atoms with Crippen LogP contribution < -0.4 is 10.1 Å². The van der Waals surface area contributed by atoms with Gasteiger partial charge in [-0.1, -0.05) is 12.1 Å². The molecule has 0 aromatic heterocycles. The Kier molecular flexibility index (Phi) is 4.39. The first kappa shape index (κ1) is 14.5. The van der Waals surface area contributed by atoms with E-state index in [0.29, 0.717) is 5.69 Å². The van der Waals surface area contributed by atoms with E-state index in [1.807, 2.05) is 19.1 Å². The molecule has 1 N–H and O–H groups in total. The van der Waals surface area contributed by atoms with Crippen molar-refractivity contribution in [3.8, 4) is 5.75 Å². The second-order valence-corrected chi connectivity index (χ2v) is 5.11. The minimum absolute atomic E-state index is 0.108. The fourth-order valence-corrected chi connectivity index (χ4v) is 2.16. The number of rotatable bonds is 3. The first-order valence-electron chi connectivity index (χ1n) is 5.93. The molecule has 0 saturated carbocycles. The Bertz CT molecular complexity index is 658. The highest BCUT2D eigenvalue weighted by molar-refractivity contribution is 9.10. The monoisotopic (exact) mass is 337 g/mol. The Morgan fingerprint density at radius 1 is 1.30 bits per heavy atom. The number of nitrogens with one attached hydrogen (secondary N) is 1. The minimum atomic E-state index is -0.620. The van der Waals surface area contributed by atoms with Gasteiger partial charge in [-0.25, -0.2) is 4.39 Å². The number of carbonyl (C=O) groups is 1. The van der Waals surface area contributed by atoms with E-state index in [-0.39, 0.29) is 11.3 Å². The van der Waals surface area contributed by atoms with Crippen LogP contribution in [0, 0.1) is 12.7 Å². The molecule has 0 aliphatic heterocycles. The number of amides is 1. The maximum Gasteiger partial charge on any atom is 0.262 e. The van der Waals surface area contributed by atoms with Gasteiger partial charge in [0.15, 0.2) is 0 Å². The second kappa shape index (κ2) is 6.05. The zero-order valence-electron chi connectivity index (χ0n) is 11.0. The van der Waals surface area contributed by atoms with Crippen LogP contribution in [-0.2, 0) is 0 Å². The van der Waals surface area contributed by atoms with Crippen LogP contribution in [0.2, 0.25) is 0 Å². The molecule has 0 fully saturated rings. The highest BCUT2D eigenvalue weighted by Crippen LogP contribution is 2.26. The molecular formula is C15H13BrFNO2. The maximum absolute atomic E-state index is 13.8. The molecule has 0 heterocycles. The van der Waals surface area contributed by atoms with Gasteiger partial charge in [-0.3, -0.25) is 4.79 Å². The van der Waals surface area contributed by atoms with Crippen molar-refractivity contribution in [2.75, 3.05) is 12.4 Å². The third-order valence-corrected chi connectivity index (χ3v) is 3.48. The quantitative estimate of drug-likeness (QED) is 0.913. The fourth-order valence-electron chi connectivity index (χ4n) is 1.81. The molecule has 104 valence electrons. The third-order valence-electron chi connectivity index (χ3n) is 2.79. The molecule has 0 unspecified atom stereocenters. The van der Waals surface area contributed by atoms with Gasteiger partial charge in [0, 0.05) is 4.47 Å². The smallest absolute Gasteiger partial charge is 0.262 e. The summed E-state index contributed by atoms with van der Waals surface area (Å²) in [6, 6.07) is 9.79. The molecule has 0 aliphatic carbocycles. The molecule has 5 heteroatoms. The molecule has 2 aromatic rings. The lowest BCUT2D eigenvalue weighted by Crippen LogP contribution is -2.15. The number of halogens is 2. The summed E-state index contributed by atoms with van der Waals surface area (Å²) in [7, 11) is 1.40. The Balaban J connectivity index is 2.36. The lowest BCUT2D eigenvalue weighted by Gasteiger charge is -2.11. The number of benzene rings is 2. The van der Waals surface area contributed by atoms with Gasteiger partial charge in [-0.15, -0.1) is 0 Å².